The van der Waals surface area contributed by atoms with Crippen molar-refractivity contribution < 1.29 is 14.7 Å². The number of likely N-dealkylation sites (tertiary alicyclic amines) is 1. The van der Waals surface area contributed by atoms with E-state index in [2.05, 4.69) is 6.92 Å². The average Bonchev–Trinajstić information content (AvgIpc) is 2.74. The second-order valence-electron chi connectivity index (χ2n) is 4.93. The van der Waals surface area contributed by atoms with Gasteiger partial charge in [-0.3, -0.25) is 0 Å². The minimum atomic E-state index is -0.370. The molecule has 0 amide bonds. The van der Waals surface area contributed by atoms with Crippen molar-refractivity contribution in [2.75, 3.05) is 19.7 Å². The van der Waals surface area contributed by atoms with Gasteiger partial charge in [0.2, 0.25) is 0 Å². The molecule has 1 unspecified atom stereocenters. The van der Waals surface area contributed by atoms with Crippen molar-refractivity contribution >= 4 is 0 Å². The van der Waals surface area contributed by atoms with Gasteiger partial charge in [0.05, 0.1) is 12.6 Å². The van der Waals surface area contributed by atoms with Gasteiger partial charge in [-0.2, -0.15) is 0 Å². The molecule has 17 heavy (non-hydrogen) atoms. The zero-order chi connectivity index (χ0) is 12.1. The molecule has 0 bridgehead atoms. The first-order valence-electron chi connectivity index (χ1n) is 6.46. The monoisotopic (exact) mass is 236 g/mol. The van der Waals surface area contributed by atoms with Crippen molar-refractivity contribution in [2.24, 2.45) is 0 Å². The lowest BCUT2D eigenvalue weighted by molar-refractivity contribution is -0.913. The van der Waals surface area contributed by atoms with Crippen LogP contribution in [-0.2, 0) is 0 Å². The fourth-order valence-electron chi connectivity index (χ4n) is 2.46. The third-order valence-corrected chi connectivity index (χ3v) is 3.52. The molecule has 3 atom stereocenters. The van der Waals surface area contributed by atoms with E-state index in [0.29, 0.717) is 12.6 Å². The summed E-state index contributed by atoms with van der Waals surface area (Å²) in [5.41, 5.74) is 0. The summed E-state index contributed by atoms with van der Waals surface area (Å²) in [6.45, 7) is 4.63. The first-order valence-corrected chi connectivity index (χ1v) is 6.46. The van der Waals surface area contributed by atoms with E-state index >= 15 is 0 Å². The second-order valence-corrected chi connectivity index (χ2v) is 4.93. The SMILES string of the molecule is C[C@H]1CCC[NH+]1C[C@H](O)COc1ccccc1. The summed E-state index contributed by atoms with van der Waals surface area (Å²) in [4.78, 5) is 1.51. The van der Waals surface area contributed by atoms with Crippen LogP contribution >= 0.6 is 0 Å². The Balaban J connectivity index is 1.72. The van der Waals surface area contributed by atoms with Crippen molar-refractivity contribution in [3.05, 3.63) is 30.3 Å². The van der Waals surface area contributed by atoms with Gasteiger partial charge in [0.15, 0.2) is 0 Å². The number of rotatable bonds is 5. The third kappa shape index (κ3) is 3.72. The fourth-order valence-corrected chi connectivity index (χ4v) is 2.46. The van der Waals surface area contributed by atoms with Crippen molar-refractivity contribution in [3.8, 4) is 5.75 Å². The smallest absolute Gasteiger partial charge is 0.137 e. The van der Waals surface area contributed by atoms with Crippen LogP contribution in [0.4, 0.5) is 0 Å². The first-order chi connectivity index (χ1) is 8.25. The lowest BCUT2D eigenvalue weighted by Crippen LogP contribution is -3.14. The van der Waals surface area contributed by atoms with Crippen LogP contribution < -0.4 is 9.64 Å². The van der Waals surface area contributed by atoms with Crippen molar-refractivity contribution in [3.63, 3.8) is 0 Å². The number of nitrogens with one attached hydrogen (secondary N) is 1. The predicted octanol–water partition coefficient (Wildman–Crippen LogP) is 0.494. The quantitative estimate of drug-likeness (QED) is 0.780. The molecule has 1 aromatic carbocycles. The number of para-hydroxylation sites is 1. The second kappa shape index (κ2) is 6.03. The molecule has 1 saturated heterocycles. The summed E-state index contributed by atoms with van der Waals surface area (Å²) >= 11 is 0. The highest BCUT2D eigenvalue weighted by molar-refractivity contribution is 5.20. The van der Waals surface area contributed by atoms with E-state index in [0.717, 1.165) is 12.3 Å². The Morgan fingerprint density at radius 1 is 1.41 bits per heavy atom. The number of hydrogen-bond acceptors (Lipinski definition) is 2. The Bertz CT molecular complexity index is 328. The maximum atomic E-state index is 9.94. The summed E-state index contributed by atoms with van der Waals surface area (Å²) in [5, 5.41) is 9.94. The Morgan fingerprint density at radius 3 is 2.82 bits per heavy atom. The molecule has 0 saturated carbocycles. The number of aliphatic hydroxyl groups is 1. The van der Waals surface area contributed by atoms with Gasteiger partial charge in [0, 0.05) is 12.8 Å². The van der Waals surface area contributed by atoms with E-state index in [4.69, 9.17) is 4.74 Å². The highest BCUT2D eigenvalue weighted by Crippen LogP contribution is 2.08. The fraction of sp³-hybridized carbons (Fsp3) is 0.571. The van der Waals surface area contributed by atoms with Gasteiger partial charge in [-0.15, -0.1) is 0 Å². The number of quaternary nitrogens is 1. The maximum absolute atomic E-state index is 9.94. The lowest BCUT2D eigenvalue weighted by atomic mass is 10.2. The van der Waals surface area contributed by atoms with E-state index < -0.39 is 0 Å². The summed E-state index contributed by atoms with van der Waals surface area (Å²) < 4.78 is 5.55. The molecule has 2 N–H and O–H groups in total. The van der Waals surface area contributed by atoms with Gasteiger partial charge in [-0.25, -0.2) is 0 Å². The highest BCUT2D eigenvalue weighted by atomic mass is 16.5. The molecular formula is C14H22NO2+. The molecule has 0 spiro atoms. The van der Waals surface area contributed by atoms with Crippen molar-refractivity contribution in [1.82, 2.24) is 0 Å². The molecule has 1 heterocycles. The summed E-state index contributed by atoms with van der Waals surface area (Å²) in [6.07, 6.45) is 2.19. The summed E-state index contributed by atoms with van der Waals surface area (Å²) in [6, 6.07) is 10.3. The standard InChI is InChI=1S/C14H21NO2/c1-12-6-5-9-15(12)10-13(16)11-17-14-7-3-2-4-8-14/h2-4,7-8,12-13,16H,5-6,9-11H2,1H3/p+1/t12-,13-/m0/s1. The van der Waals surface area contributed by atoms with Gasteiger partial charge < -0.3 is 14.7 Å². The Labute approximate surface area is 103 Å². The largest absolute Gasteiger partial charge is 0.491 e. The Hall–Kier alpha value is -1.06. The number of aliphatic hydroxyl groups excluding tert-OH is 1. The van der Waals surface area contributed by atoms with E-state index in [1.165, 1.54) is 24.3 Å². The van der Waals surface area contributed by atoms with Crippen LogP contribution in [-0.4, -0.2) is 36.9 Å². The van der Waals surface area contributed by atoms with Crippen LogP contribution in [0.1, 0.15) is 19.8 Å². The van der Waals surface area contributed by atoms with Crippen LogP contribution in [0.15, 0.2) is 30.3 Å². The Morgan fingerprint density at radius 2 is 2.18 bits per heavy atom. The van der Waals surface area contributed by atoms with Gasteiger partial charge >= 0.3 is 0 Å². The maximum Gasteiger partial charge on any atom is 0.137 e. The van der Waals surface area contributed by atoms with Crippen LogP contribution in [0.3, 0.4) is 0 Å². The van der Waals surface area contributed by atoms with Gasteiger partial charge in [-0.05, 0) is 19.1 Å². The van der Waals surface area contributed by atoms with E-state index in [1.54, 1.807) is 0 Å². The number of ether oxygens (including phenoxy) is 1. The number of hydrogen-bond donors (Lipinski definition) is 2. The zero-order valence-electron chi connectivity index (χ0n) is 10.4. The van der Waals surface area contributed by atoms with Gasteiger partial charge in [0.25, 0.3) is 0 Å². The van der Waals surface area contributed by atoms with Crippen LogP contribution in [0.2, 0.25) is 0 Å². The van der Waals surface area contributed by atoms with Gasteiger partial charge in [0.1, 0.15) is 25.0 Å². The normalized spacial score (nSPS) is 25.8. The van der Waals surface area contributed by atoms with E-state index in [9.17, 15) is 5.11 Å². The molecule has 0 aromatic heterocycles. The van der Waals surface area contributed by atoms with Crippen molar-refractivity contribution in [2.45, 2.75) is 31.9 Å². The van der Waals surface area contributed by atoms with Crippen LogP contribution in [0, 0.1) is 0 Å². The zero-order valence-corrected chi connectivity index (χ0v) is 10.4. The summed E-state index contributed by atoms with van der Waals surface area (Å²) in [7, 11) is 0. The van der Waals surface area contributed by atoms with E-state index in [1.807, 2.05) is 30.3 Å². The average molecular weight is 236 g/mol. The van der Waals surface area contributed by atoms with Crippen LogP contribution in [0.25, 0.3) is 0 Å². The molecule has 1 aliphatic rings. The van der Waals surface area contributed by atoms with Crippen molar-refractivity contribution in [1.29, 1.82) is 0 Å². The molecule has 3 heteroatoms. The topological polar surface area (TPSA) is 33.9 Å². The molecule has 1 aliphatic heterocycles. The minimum Gasteiger partial charge on any atom is -0.491 e. The predicted molar refractivity (Wildman–Crippen MR) is 67.3 cm³/mol. The Kier molecular flexibility index (Phi) is 4.40. The molecule has 3 nitrogen and oxygen atoms in total. The molecule has 2 rings (SSSR count). The van der Waals surface area contributed by atoms with Crippen LogP contribution in [0.5, 0.6) is 5.75 Å². The van der Waals surface area contributed by atoms with E-state index in [-0.39, 0.29) is 6.10 Å². The summed E-state index contributed by atoms with van der Waals surface area (Å²) in [5.74, 6) is 0.830. The number of benzene rings is 1. The minimum absolute atomic E-state index is 0.370. The molecule has 0 aliphatic carbocycles. The molecule has 1 fully saturated rings. The third-order valence-electron chi connectivity index (χ3n) is 3.52. The molecule has 94 valence electrons. The lowest BCUT2D eigenvalue weighted by Gasteiger charge is -2.21. The molecular weight excluding hydrogens is 214 g/mol. The molecule has 1 aromatic rings. The molecule has 0 radical (unpaired) electrons. The van der Waals surface area contributed by atoms with Gasteiger partial charge in [-0.1, -0.05) is 18.2 Å². The first kappa shape index (κ1) is 12.4. The highest BCUT2D eigenvalue weighted by Gasteiger charge is 2.26.